The third-order valence-corrected chi connectivity index (χ3v) is 5.33. The lowest BCUT2D eigenvalue weighted by atomic mass is 10.1. The van der Waals surface area contributed by atoms with Crippen LogP contribution >= 0.6 is 0 Å². The summed E-state index contributed by atoms with van der Waals surface area (Å²) < 4.78 is 10.6. The van der Waals surface area contributed by atoms with Crippen LogP contribution in [0.1, 0.15) is 30.5 Å². The van der Waals surface area contributed by atoms with Gasteiger partial charge in [0.2, 0.25) is 5.82 Å². The number of hydrogen-bond acceptors (Lipinski definition) is 7. The quantitative estimate of drug-likeness (QED) is 0.828. The highest BCUT2D eigenvalue weighted by atomic mass is 16.5. The molecule has 2 aliphatic heterocycles. The van der Waals surface area contributed by atoms with Crippen LogP contribution in [0.3, 0.4) is 0 Å². The second-order valence-corrected chi connectivity index (χ2v) is 6.98. The highest BCUT2D eigenvalue weighted by Crippen LogP contribution is 2.34. The molecule has 1 saturated heterocycles. The summed E-state index contributed by atoms with van der Waals surface area (Å²) in [6.45, 7) is 4.73. The molecule has 28 heavy (non-hydrogen) atoms. The number of rotatable bonds is 5. The molecule has 9 nitrogen and oxygen atoms in total. The minimum absolute atomic E-state index is 0.0111. The summed E-state index contributed by atoms with van der Waals surface area (Å²) in [5.41, 5.74) is 1.33. The first-order valence-electron chi connectivity index (χ1n) is 9.46. The Kier molecular flexibility index (Phi) is 4.99. The number of likely N-dealkylation sites (N-methyl/N-ethyl adjacent to an activating group) is 2. The fourth-order valence-corrected chi connectivity index (χ4v) is 3.68. The maximum Gasteiger partial charge on any atom is 0.316 e. The number of fused-ring (bicyclic) bond motifs is 1. The SMILES string of the molecule is CCN1CCCC1CNC(=O)c1nc(-c2ccc3c(c2)OCC(=O)N3C)no1. The van der Waals surface area contributed by atoms with Crippen LogP contribution in [0.4, 0.5) is 5.69 Å². The van der Waals surface area contributed by atoms with E-state index in [1.807, 2.05) is 0 Å². The fourth-order valence-electron chi connectivity index (χ4n) is 3.68. The Morgan fingerprint density at radius 2 is 2.25 bits per heavy atom. The van der Waals surface area contributed by atoms with Crippen molar-refractivity contribution in [3.63, 3.8) is 0 Å². The molecule has 2 amide bonds. The Labute approximate surface area is 162 Å². The van der Waals surface area contributed by atoms with Gasteiger partial charge in [0.25, 0.3) is 5.91 Å². The number of benzene rings is 1. The number of likely N-dealkylation sites (tertiary alicyclic amines) is 1. The maximum absolute atomic E-state index is 12.4. The lowest BCUT2D eigenvalue weighted by Crippen LogP contribution is -2.40. The molecule has 148 valence electrons. The van der Waals surface area contributed by atoms with Crippen LogP contribution in [-0.2, 0) is 4.79 Å². The fraction of sp³-hybridized carbons (Fsp3) is 0.474. The molecule has 0 spiro atoms. The van der Waals surface area contributed by atoms with Crippen LogP contribution in [0.2, 0.25) is 0 Å². The minimum Gasteiger partial charge on any atom is -0.482 e. The zero-order valence-electron chi connectivity index (χ0n) is 16.0. The summed E-state index contributed by atoms with van der Waals surface area (Å²) in [5, 5.41) is 6.79. The van der Waals surface area contributed by atoms with Gasteiger partial charge in [-0.15, -0.1) is 0 Å². The number of ether oxygens (including phenoxy) is 1. The molecule has 2 aromatic rings. The van der Waals surface area contributed by atoms with Gasteiger partial charge in [0, 0.05) is 25.2 Å². The second kappa shape index (κ2) is 7.59. The molecule has 0 bridgehead atoms. The van der Waals surface area contributed by atoms with Crippen molar-refractivity contribution in [2.75, 3.05) is 38.2 Å². The number of hydrogen-bond donors (Lipinski definition) is 1. The van der Waals surface area contributed by atoms with E-state index >= 15 is 0 Å². The summed E-state index contributed by atoms with van der Waals surface area (Å²) in [6, 6.07) is 5.62. The van der Waals surface area contributed by atoms with Gasteiger partial charge < -0.3 is 19.5 Å². The minimum atomic E-state index is -0.374. The number of amides is 2. The summed E-state index contributed by atoms with van der Waals surface area (Å²) in [7, 11) is 1.70. The normalized spacial score (nSPS) is 19.4. The van der Waals surface area contributed by atoms with Crippen molar-refractivity contribution < 1.29 is 18.8 Å². The number of nitrogens with zero attached hydrogens (tertiary/aromatic N) is 4. The van der Waals surface area contributed by atoms with Gasteiger partial charge in [0.05, 0.1) is 5.69 Å². The first-order valence-corrected chi connectivity index (χ1v) is 9.46. The average molecular weight is 385 g/mol. The third-order valence-electron chi connectivity index (χ3n) is 5.33. The van der Waals surface area contributed by atoms with Crippen LogP contribution in [-0.4, -0.2) is 66.2 Å². The average Bonchev–Trinajstić information content (AvgIpc) is 3.38. The van der Waals surface area contributed by atoms with Crippen molar-refractivity contribution in [2.45, 2.75) is 25.8 Å². The Morgan fingerprint density at radius 1 is 1.39 bits per heavy atom. The molecule has 1 aromatic heterocycles. The van der Waals surface area contributed by atoms with Crippen LogP contribution in [0.15, 0.2) is 22.7 Å². The zero-order valence-corrected chi connectivity index (χ0v) is 16.0. The molecule has 1 fully saturated rings. The van der Waals surface area contributed by atoms with E-state index < -0.39 is 0 Å². The highest BCUT2D eigenvalue weighted by molar-refractivity contribution is 5.97. The summed E-state index contributed by atoms with van der Waals surface area (Å²) in [5.74, 6) is 0.314. The first-order chi connectivity index (χ1) is 13.6. The molecule has 1 N–H and O–H groups in total. The van der Waals surface area contributed by atoms with Crippen molar-refractivity contribution >= 4 is 17.5 Å². The molecular formula is C19H23N5O4. The number of aromatic nitrogens is 2. The van der Waals surface area contributed by atoms with Gasteiger partial charge in [0.15, 0.2) is 6.61 Å². The number of anilines is 1. The topological polar surface area (TPSA) is 101 Å². The van der Waals surface area contributed by atoms with Gasteiger partial charge in [-0.3, -0.25) is 14.5 Å². The van der Waals surface area contributed by atoms with Crippen molar-refractivity contribution in [3.05, 3.63) is 24.1 Å². The predicted molar refractivity (Wildman–Crippen MR) is 101 cm³/mol. The largest absolute Gasteiger partial charge is 0.482 e. The van der Waals surface area contributed by atoms with E-state index in [-0.39, 0.29) is 24.3 Å². The van der Waals surface area contributed by atoms with Gasteiger partial charge in [-0.2, -0.15) is 4.98 Å². The molecule has 0 radical (unpaired) electrons. The second-order valence-electron chi connectivity index (χ2n) is 6.98. The van der Waals surface area contributed by atoms with Crippen molar-refractivity contribution in [1.82, 2.24) is 20.4 Å². The molecule has 1 aromatic carbocycles. The molecular weight excluding hydrogens is 362 g/mol. The molecule has 0 saturated carbocycles. The Hall–Kier alpha value is -2.94. The molecule has 1 unspecified atom stereocenters. The Morgan fingerprint density at radius 3 is 3.07 bits per heavy atom. The van der Waals surface area contributed by atoms with E-state index in [0.717, 1.165) is 25.9 Å². The lowest BCUT2D eigenvalue weighted by Gasteiger charge is -2.25. The zero-order chi connectivity index (χ0) is 19.7. The Bertz CT molecular complexity index is 896. The lowest BCUT2D eigenvalue weighted by molar-refractivity contribution is -0.120. The summed E-state index contributed by atoms with van der Waals surface area (Å²) >= 11 is 0. The third kappa shape index (κ3) is 3.45. The standard InChI is InChI=1S/C19H23N5O4/c1-3-24-8-4-5-13(24)10-20-18(26)19-21-17(22-28-19)12-6-7-14-15(9-12)27-11-16(25)23(14)2/h6-7,9,13H,3-5,8,10-11H2,1-2H3,(H,20,26). The summed E-state index contributed by atoms with van der Waals surface area (Å²) in [6.07, 6.45) is 2.23. The van der Waals surface area contributed by atoms with Gasteiger partial charge >= 0.3 is 11.8 Å². The van der Waals surface area contributed by atoms with Crippen LogP contribution in [0.25, 0.3) is 11.4 Å². The monoisotopic (exact) mass is 385 g/mol. The van der Waals surface area contributed by atoms with Crippen LogP contribution in [0, 0.1) is 0 Å². The van der Waals surface area contributed by atoms with Gasteiger partial charge in [0.1, 0.15) is 5.75 Å². The molecule has 4 rings (SSSR count). The van der Waals surface area contributed by atoms with Gasteiger partial charge in [-0.05, 0) is 44.1 Å². The smallest absolute Gasteiger partial charge is 0.316 e. The van der Waals surface area contributed by atoms with Crippen LogP contribution < -0.4 is 15.0 Å². The molecule has 9 heteroatoms. The van der Waals surface area contributed by atoms with E-state index in [4.69, 9.17) is 9.26 Å². The Balaban J connectivity index is 1.44. The summed E-state index contributed by atoms with van der Waals surface area (Å²) in [4.78, 5) is 32.2. The van der Waals surface area contributed by atoms with Gasteiger partial charge in [-0.1, -0.05) is 12.1 Å². The predicted octanol–water partition coefficient (Wildman–Crippen LogP) is 1.31. The number of carbonyl (C=O) groups excluding carboxylic acids is 2. The van der Waals surface area contributed by atoms with Gasteiger partial charge in [-0.25, -0.2) is 0 Å². The van der Waals surface area contributed by atoms with E-state index in [1.165, 1.54) is 0 Å². The van der Waals surface area contributed by atoms with Crippen molar-refractivity contribution in [3.8, 4) is 17.1 Å². The molecule has 0 aliphatic carbocycles. The van der Waals surface area contributed by atoms with E-state index in [2.05, 4.69) is 27.3 Å². The molecule has 2 aliphatic rings. The number of carbonyl (C=O) groups is 2. The first kappa shape index (κ1) is 18.4. The van der Waals surface area contributed by atoms with E-state index in [1.54, 1.807) is 30.1 Å². The molecule has 3 heterocycles. The van der Waals surface area contributed by atoms with E-state index in [0.29, 0.717) is 35.4 Å². The maximum atomic E-state index is 12.4. The van der Waals surface area contributed by atoms with Crippen LogP contribution in [0.5, 0.6) is 5.75 Å². The highest BCUT2D eigenvalue weighted by Gasteiger charge is 2.26. The van der Waals surface area contributed by atoms with Crippen molar-refractivity contribution in [2.24, 2.45) is 0 Å². The van der Waals surface area contributed by atoms with Crippen molar-refractivity contribution in [1.29, 1.82) is 0 Å². The molecule has 1 atom stereocenters. The number of nitrogens with one attached hydrogen (secondary N) is 1. The van der Waals surface area contributed by atoms with E-state index in [9.17, 15) is 9.59 Å².